The average Bonchev–Trinajstić information content (AvgIpc) is 3.34. The largest absolute Gasteiger partial charge is 0.360 e. The van der Waals surface area contributed by atoms with Gasteiger partial charge in [-0.2, -0.15) is 0 Å². The van der Waals surface area contributed by atoms with Crippen molar-refractivity contribution in [2.45, 2.75) is 69.2 Å². The molecule has 3 aliphatic heterocycles. The van der Waals surface area contributed by atoms with Gasteiger partial charge in [0.2, 0.25) is 11.8 Å². The van der Waals surface area contributed by atoms with Gasteiger partial charge in [0.05, 0.1) is 24.5 Å². The Morgan fingerprint density at radius 2 is 1.90 bits per heavy atom. The lowest BCUT2D eigenvalue weighted by molar-refractivity contribution is -0.138. The highest BCUT2D eigenvalue weighted by Gasteiger charge is 2.66. The Bertz CT molecular complexity index is 864. The van der Waals surface area contributed by atoms with E-state index in [0.29, 0.717) is 18.1 Å². The lowest BCUT2D eigenvalue weighted by Crippen LogP contribution is -2.47. The van der Waals surface area contributed by atoms with Gasteiger partial charge in [0.15, 0.2) is 0 Å². The zero-order valence-corrected chi connectivity index (χ0v) is 17.9. The molecule has 0 aromatic heterocycles. The molecule has 160 valence electrons. The van der Waals surface area contributed by atoms with Crippen molar-refractivity contribution < 1.29 is 14.3 Å². The second-order valence-corrected chi connectivity index (χ2v) is 9.64. The van der Waals surface area contributed by atoms with Crippen molar-refractivity contribution in [1.29, 1.82) is 0 Å². The number of hydrogen-bond acceptors (Lipinski definition) is 3. The van der Waals surface area contributed by atoms with Crippen LogP contribution in [0.5, 0.6) is 0 Å². The molecule has 3 fully saturated rings. The summed E-state index contributed by atoms with van der Waals surface area (Å²) >= 11 is 6.31. The predicted octanol–water partition coefficient (Wildman–Crippen LogP) is 3.85. The molecule has 1 N–H and O–H groups in total. The Labute approximate surface area is 182 Å². The van der Waals surface area contributed by atoms with Gasteiger partial charge >= 0.3 is 0 Å². The molecule has 4 aliphatic rings. The van der Waals surface area contributed by atoms with Crippen molar-refractivity contribution in [2.24, 2.45) is 11.8 Å². The highest BCUT2D eigenvalue weighted by atomic mass is 35.5. The molecule has 5 rings (SSSR count). The van der Waals surface area contributed by atoms with Crippen LogP contribution in [0, 0.1) is 11.8 Å². The van der Waals surface area contributed by atoms with E-state index in [-0.39, 0.29) is 24.0 Å². The molecule has 1 aliphatic carbocycles. The molecule has 0 unspecified atom stereocenters. The molecular weight excluding hydrogens is 400 g/mol. The molecular formula is C24H29ClN2O3. The van der Waals surface area contributed by atoms with Gasteiger partial charge in [0, 0.05) is 17.6 Å². The normalized spacial score (nSPS) is 33.4. The lowest BCUT2D eigenvalue weighted by atomic mass is 9.76. The molecule has 3 heterocycles. The van der Waals surface area contributed by atoms with Gasteiger partial charge in [-0.1, -0.05) is 74.1 Å². The number of fused-ring (bicyclic) bond motifs is 1. The summed E-state index contributed by atoms with van der Waals surface area (Å²) in [6.45, 7) is 0.914. The summed E-state index contributed by atoms with van der Waals surface area (Å²) in [6.07, 6.45) is 11.8. The minimum Gasteiger partial charge on any atom is -0.360 e. The number of carbonyl (C=O) groups excluding carboxylic acids is 2. The van der Waals surface area contributed by atoms with Gasteiger partial charge in [0.1, 0.15) is 5.60 Å². The number of benzene rings is 1. The lowest BCUT2D eigenvalue weighted by Gasteiger charge is -2.27. The van der Waals surface area contributed by atoms with Gasteiger partial charge in [-0.3, -0.25) is 9.59 Å². The number of carbonyl (C=O) groups is 2. The molecule has 2 amide bonds. The number of amides is 2. The summed E-state index contributed by atoms with van der Waals surface area (Å²) in [5.41, 5.74) is 0.240. The minimum absolute atomic E-state index is 0.000383. The quantitative estimate of drug-likeness (QED) is 0.741. The fourth-order valence-corrected chi connectivity index (χ4v) is 5.94. The first-order valence-corrected chi connectivity index (χ1v) is 11.6. The summed E-state index contributed by atoms with van der Waals surface area (Å²) in [4.78, 5) is 28.5. The summed E-state index contributed by atoms with van der Waals surface area (Å²) in [7, 11) is 0. The molecule has 0 radical (unpaired) electrons. The fraction of sp³-hybridized carbons (Fsp3) is 0.583. The van der Waals surface area contributed by atoms with Gasteiger partial charge in [-0.05, 0) is 24.5 Å². The highest BCUT2D eigenvalue weighted by molar-refractivity contribution is 6.31. The molecule has 2 bridgehead atoms. The molecule has 1 spiro atoms. The van der Waals surface area contributed by atoms with Crippen LogP contribution in [0.15, 0.2) is 36.4 Å². The Morgan fingerprint density at radius 1 is 1.17 bits per heavy atom. The summed E-state index contributed by atoms with van der Waals surface area (Å²) in [5.74, 6) is -0.901. The maximum absolute atomic E-state index is 13.4. The van der Waals surface area contributed by atoms with Gasteiger partial charge in [-0.25, -0.2) is 0 Å². The second-order valence-electron chi connectivity index (χ2n) is 9.24. The Kier molecular flexibility index (Phi) is 5.36. The SMILES string of the molecule is O=C(NC1CCCCCCC1)[C@H]1[C@H]2C=C[C@]3(CN(Cc4ccccc4Cl)C(=O)[C@@H]13)O2. The Hall–Kier alpha value is -1.85. The van der Waals surface area contributed by atoms with E-state index in [4.69, 9.17) is 16.3 Å². The number of nitrogens with zero attached hydrogens (tertiary/aromatic N) is 1. The smallest absolute Gasteiger partial charge is 0.230 e. The molecule has 30 heavy (non-hydrogen) atoms. The zero-order valence-electron chi connectivity index (χ0n) is 17.2. The van der Waals surface area contributed by atoms with Crippen molar-refractivity contribution in [2.75, 3.05) is 6.54 Å². The van der Waals surface area contributed by atoms with E-state index < -0.39 is 17.4 Å². The van der Waals surface area contributed by atoms with Crippen LogP contribution in [-0.2, 0) is 20.9 Å². The Balaban J connectivity index is 1.32. The molecule has 1 aromatic carbocycles. The number of ether oxygens (including phenoxy) is 1. The van der Waals surface area contributed by atoms with E-state index in [1.807, 2.05) is 36.4 Å². The van der Waals surface area contributed by atoms with E-state index in [9.17, 15) is 9.59 Å². The topological polar surface area (TPSA) is 58.6 Å². The Morgan fingerprint density at radius 3 is 2.67 bits per heavy atom. The standard InChI is InChI=1S/C24H29ClN2O3/c25-18-11-7-6-8-16(18)14-27-15-24-13-12-19(30-24)20(21(24)23(27)29)22(28)26-17-9-4-2-1-3-5-10-17/h6-8,11-13,17,19-21H,1-5,9-10,14-15H2,(H,26,28)/t19-,20+,21-,24-/m1/s1. The summed E-state index contributed by atoms with van der Waals surface area (Å²) in [5, 5.41) is 3.92. The first kappa shape index (κ1) is 20.1. The summed E-state index contributed by atoms with van der Waals surface area (Å²) < 4.78 is 6.25. The van der Waals surface area contributed by atoms with Crippen molar-refractivity contribution in [3.8, 4) is 0 Å². The number of rotatable bonds is 4. The van der Waals surface area contributed by atoms with Crippen LogP contribution < -0.4 is 5.32 Å². The van der Waals surface area contributed by atoms with Gasteiger partial charge in [-0.15, -0.1) is 0 Å². The number of likely N-dealkylation sites (tertiary alicyclic amines) is 1. The average molecular weight is 429 g/mol. The van der Waals surface area contributed by atoms with Crippen LogP contribution in [0.25, 0.3) is 0 Å². The van der Waals surface area contributed by atoms with E-state index in [0.717, 1.165) is 31.2 Å². The number of nitrogens with one attached hydrogen (secondary N) is 1. The van der Waals surface area contributed by atoms with Gasteiger partial charge in [0.25, 0.3) is 0 Å². The molecule has 1 saturated carbocycles. The number of halogens is 1. The fourth-order valence-electron chi connectivity index (χ4n) is 5.74. The van der Waals surface area contributed by atoms with Crippen LogP contribution in [-0.4, -0.2) is 41.0 Å². The van der Waals surface area contributed by atoms with E-state index >= 15 is 0 Å². The molecule has 4 atom stereocenters. The van der Waals surface area contributed by atoms with Crippen molar-refractivity contribution in [3.05, 3.63) is 47.0 Å². The zero-order chi connectivity index (χ0) is 20.7. The van der Waals surface area contributed by atoms with Crippen molar-refractivity contribution in [1.82, 2.24) is 10.2 Å². The van der Waals surface area contributed by atoms with E-state index in [2.05, 4.69) is 5.32 Å². The first-order valence-electron chi connectivity index (χ1n) is 11.3. The number of hydrogen-bond donors (Lipinski definition) is 1. The monoisotopic (exact) mass is 428 g/mol. The van der Waals surface area contributed by atoms with E-state index in [1.165, 1.54) is 19.3 Å². The second kappa shape index (κ2) is 8.01. The maximum Gasteiger partial charge on any atom is 0.230 e. The molecule has 1 aromatic rings. The van der Waals surface area contributed by atoms with E-state index in [1.54, 1.807) is 4.90 Å². The van der Waals surface area contributed by atoms with Gasteiger partial charge < -0.3 is 15.0 Å². The summed E-state index contributed by atoms with van der Waals surface area (Å²) in [6, 6.07) is 7.80. The third kappa shape index (κ3) is 3.46. The minimum atomic E-state index is -0.675. The van der Waals surface area contributed by atoms with Crippen molar-refractivity contribution >= 4 is 23.4 Å². The predicted molar refractivity (Wildman–Crippen MR) is 115 cm³/mol. The van der Waals surface area contributed by atoms with Crippen LogP contribution in [0.4, 0.5) is 0 Å². The highest BCUT2D eigenvalue weighted by Crippen LogP contribution is 2.52. The maximum atomic E-state index is 13.4. The third-order valence-electron chi connectivity index (χ3n) is 7.25. The van der Waals surface area contributed by atoms with Crippen LogP contribution in [0.1, 0.15) is 50.5 Å². The van der Waals surface area contributed by atoms with Crippen LogP contribution >= 0.6 is 11.6 Å². The first-order chi connectivity index (χ1) is 14.6. The van der Waals surface area contributed by atoms with Crippen LogP contribution in [0.2, 0.25) is 5.02 Å². The van der Waals surface area contributed by atoms with Crippen molar-refractivity contribution in [3.63, 3.8) is 0 Å². The molecule has 5 nitrogen and oxygen atoms in total. The molecule has 2 saturated heterocycles. The van der Waals surface area contributed by atoms with Crippen LogP contribution in [0.3, 0.4) is 0 Å². The third-order valence-corrected chi connectivity index (χ3v) is 7.62. The molecule has 6 heteroatoms.